The van der Waals surface area contributed by atoms with Crippen molar-refractivity contribution in [2.24, 2.45) is 0 Å². The van der Waals surface area contributed by atoms with E-state index in [1.807, 2.05) is 71.8 Å². The lowest BCUT2D eigenvalue weighted by atomic mass is 10.1. The molecule has 160 valence electrons. The highest BCUT2D eigenvalue weighted by Gasteiger charge is 2.22. The van der Waals surface area contributed by atoms with Crippen LogP contribution in [-0.4, -0.2) is 53.6 Å². The molecule has 0 aliphatic carbocycles. The van der Waals surface area contributed by atoms with Crippen LogP contribution < -0.4 is 10.2 Å². The first-order valence-electron chi connectivity index (χ1n) is 10.1. The van der Waals surface area contributed by atoms with Gasteiger partial charge in [0.2, 0.25) is 5.91 Å². The van der Waals surface area contributed by atoms with E-state index in [9.17, 15) is 9.59 Å². The van der Waals surface area contributed by atoms with Crippen LogP contribution in [0.1, 0.15) is 16.1 Å². The summed E-state index contributed by atoms with van der Waals surface area (Å²) in [5.41, 5.74) is 3.59. The molecule has 1 aliphatic rings. The molecule has 3 aromatic rings. The van der Waals surface area contributed by atoms with Gasteiger partial charge in [0.15, 0.2) is 4.34 Å². The van der Waals surface area contributed by atoms with Gasteiger partial charge in [-0.05, 0) is 43.3 Å². The van der Waals surface area contributed by atoms with Crippen molar-refractivity contribution in [1.82, 2.24) is 9.88 Å². The predicted octanol–water partition coefficient (Wildman–Crippen LogP) is 4.14. The zero-order valence-corrected chi connectivity index (χ0v) is 18.9. The number of thioether (sulfide) groups is 1. The molecule has 0 bridgehead atoms. The second kappa shape index (κ2) is 9.98. The summed E-state index contributed by atoms with van der Waals surface area (Å²) in [7, 11) is 0. The second-order valence-corrected chi connectivity index (χ2v) is 9.36. The minimum atomic E-state index is -0.0429. The summed E-state index contributed by atoms with van der Waals surface area (Å²) in [5, 5.41) is 4.92. The van der Waals surface area contributed by atoms with Crippen LogP contribution in [0.2, 0.25) is 0 Å². The normalized spacial score (nSPS) is 13.8. The molecule has 1 N–H and O–H groups in total. The predicted molar refractivity (Wildman–Crippen MR) is 127 cm³/mol. The zero-order valence-electron chi connectivity index (χ0n) is 17.3. The molecular formula is C23H24N4O2S2. The van der Waals surface area contributed by atoms with E-state index in [1.165, 1.54) is 11.8 Å². The standard InChI is InChI=1S/C23H24N4O2S2/c1-17-15-30-23(24-17)31-16-21(28)25-19-7-9-20(10-8-19)26-11-13-27(14-12-26)22(29)18-5-3-2-4-6-18/h2-10,15H,11-14,16H2,1H3,(H,25,28). The number of hydrogen-bond donors (Lipinski definition) is 1. The molecule has 4 rings (SSSR count). The minimum absolute atomic E-state index is 0.0429. The van der Waals surface area contributed by atoms with Crippen LogP contribution in [0, 0.1) is 6.92 Å². The zero-order chi connectivity index (χ0) is 21.6. The molecule has 1 aromatic heterocycles. The van der Waals surface area contributed by atoms with Gasteiger partial charge in [-0.15, -0.1) is 11.3 Å². The first-order valence-corrected chi connectivity index (χ1v) is 12.0. The Balaban J connectivity index is 1.26. The maximum atomic E-state index is 12.6. The van der Waals surface area contributed by atoms with Crippen molar-refractivity contribution in [2.45, 2.75) is 11.3 Å². The molecule has 0 atom stereocenters. The Morgan fingerprint density at radius 3 is 2.39 bits per heavy atom. The summed E-state index contributed by atoms with van der Waals surface area (Å²) in [6.07, 6.45) is 0. The monoisotopic (exact) mass is 452 g/mol. The Morgan fingerprint density at radius 1 is 1.03 bits per heavy atom. The van der Waals surface area contributed by atoms with Gasteiger partial charge in [0.05, 0.1) is 5.75 Å². The highest BCUT2D eigenvalue weighted by Crippen LogP contribution is 2.23. The molecule has 2 amide bonds. The Morgan fingerprint density at radius 2 is 1.74 bits per heavy atom. The summed E-state index contributed by atoms with van der Waals surface area (Å²) < 4.78 is 0.910. The van der Waals surface area contributed by atoms with Gasteiger partial charge < -0.3 is 15.1 Å². The van der Waals surface area contributed by atoms with Crippen LogP contribution in [0.5, 0.6) is 0 Å². The molecular weight excluding hydrogens is 428 g/mol. The SMILES string of the molecule is Cc1csc(SCC(=O)Nc2ccc(N3CCN(C(=O)c4ccccc4)CC3)cc2)n1. The van der Waals surface area contributed by atoms with Crippen molar-refractivity contribution in [3.05, 3.63) is 71.2 Å². The molecule has 8 heteroatoms. The molecule has 0 saturated carbocycles. The van der Waals surface area contributed by atoms with E-state index in [0.29, 0.717) is 18.8 Å². The third-order valence-corrected chi connectivity index (χ3v) is 7.17. The van der Waals surface area contributed by atoms with E-state index in [4.69, 9.17) is 0 Å². The smallest absolute Gasteiger partial charge is 0.253 e. The van der Waals surface area contributed by atoms with Gasteiger partial charge in [0.1, 0.15) is 0 Å². The summed E-state index contributed by atoms with van der Waals surface area (Å²) in [6.45, 7) is 4.91. The largest absolute Gasteiger partial charge is 0.368 e. The summed E-state index contributed by atoms with van der Waals surface area (Å²) in [5.74, 6) is 0.384. The highest BCUT2D eigenvalue weighted by atomic mass is 32.2. The summed E-state index contributed by atoms with van der Waals surface area (Å²) >= 11 is 3.01. The second-order valence-electron chi connectivity index (χ2n) is 7.28. The average molecular weight is 453 g/mol. The first-order chi connectivity index (χ1) is 15.1. The molecule has 0 radical (unpaired) electrons. The van der Waals surface area contributed by atoms with E-state index >= 15 is 0 Å². The first kappa shape index (κ1) is 21.4. The fourth-order valence-electron chi connectivity index (χ4n) is 3.41. The van der Waals surface area contributed by atoms with Crippen LogP contribution in [0.4, 0.5) is 11.4 Å². The number of piperazine rings is 1. The van der Waals surface area contributed by atoms with Crippen LogP contribution in [0.3, 0.4) is 0 Å². The van der Waals surface area contributed by atoms with Gasteiger partial charge in [0.25, 0.3) is 5.91 Å². The number of thiazole rings is 1. The van der Waals surface area contributed by atoms with Gasteiger partial charge >= 0.3 is 0 Å². The molecule has 1 aliphatic heterocycles. The molecule has 2 heterocycles. The summed E-state index contributed by atoms with van der Waals surface area (Å²) in [6, 6.07) is 17.3. The molecule has 0 spiro atoms. The fourth-order valence-corrected chi connectivity index (χ4v) is 5.06. The number of anilines is 2. The highest BCUT2D eigenvalue weighted by molar-refractivity contribution is 8.01. The van der Waals surface area contributed by atoms with Gasteiger partial charge in [-0.3, -0.25) is 9.59 Å². The number of nitrogens with zero attached hydrogens (tertiary/aromatic N) is 3. The number of carbonyl (C=O) groups excluding carboxylic acids is 2. The van der Waals surface area contributed by atoms with Crippen molar-refractivity contribution in [2.75, 3.05) is 42.1 Å². The number of hydrogen-bond acceptors (Lipinski definition) is 6. The van der Waals surface area contributed by atoms with Crippen LogP contribution in [-0.2, 0) is 4.79 Å². The molecule has 1 saturated heterocycles. The summed E-state index contributed by atoms with van der Waals surface area (Å²) in [4.78, 5) is 33.3. The lowest BCUT2D eigenvalue weighted by Gasteiger charge is -2.36. The van der Waals surface area contributed by atoms with Crippen molar-refractivity contribution in [1.29, 1.82) is 0 Å². The van der Waals surface area contributed by atoms with Crippen molar-refractivity contribution < 1.29 is 9.59 Å². The number of amides is 2. The Bertz CT molecular complexity index is 1030. The topological polar surface area (TPSA) is 65.5 Å². The quantitative estimate of drug-likeness (QED) is 0.570. The lowest BCUT2D eigenvalue weighted by Crippen LogP contribution is -2.48. The fraction of sp³-hybridized carbons (Fsp3) is 0.261. The van der Waals surface area contributed by atoms with Crippen molar-refractivity contribution in [3.8, 4) is 0 Å². The Labute approximate surface area is 190 Å². The van der Waals surface area contributed by atoms with Crippen molar-refractivity contribution in [3.63, 3.8) is 0 Å². The lowest BCUT2D eigenvalue weighted by molar-refractivity contribution is -0.113. The number of aryl methyl sites for hydroxylation is 1. The van der Waals surface area contributed by atoms with Crippen LogP contribution in [0.25, 0.3) is 0 Å². The van der Waals surface area contributed by atoms with E-state index in [0.717, 1.165) is 40.1 Å². The Hall–Kier alpha value is -2.84. The Kier molecular flexibility index (Phi) is 6.89. The third-order valence-electron chi connectivity index (χ3n) is 5.03. The minimum Gasteiger partial charge on any atom is -0.368 e. The van der Waals surface area contributed by atoms with Gasteiger partial charge in [-0.25, -0.2) is 4.98 Å². The number of nitrogens with one attached hydrogen (secondary N) is 1. The molecule has 6 nitrogen and oxygen atoms in total. The van der Waals surface area contributed by atoms with E-state index < -0.39 is 0 Å². The number of rotatable bonds is 6. The van der Waals surface area contributed by atoms with Gasteiger partial charge in [-0.2, -0.15) is 0 Å². The van der Waals surface area contributed by atoms with Crippen LogP contribution >= 0.6 is 23.1 Å². The van der Waals surface area contributed by atoms with E-state index in [2.05, 4.69) is 15.2 Å². The van der Waals surface area contributed by atoms with Gasteiger partial charge in [-0.1, -0.05) is 30.0 Å². The van der Waals surface area contributed by atoms with Gasteiger partial charge in [0, 0.05) is 54.2 Å². The average Bonchev–Trinajstić information content (AvgIpc) is 3.23. The van der Waals surface area contributed by atoms with E-state index in [1.54, 1.807) is 11.3 Å². The number of aromatic nitrogens is 1. The van der Waals surface area contributed by atoms with Crippen LogP contribution in [0.15, 0.2) is 64.3 Å². The molecule has 31 heavy (non-hydrogen) atoms. The maximum Gasteiger partial charge on any atom is 0.253 e. The number of benzene rings is 2. The van der Waals surface area contributed by atoms with Crippen molar-refractivity contribution >= 4 is 46.3 Å². The molecule has 0 unspecified atom stereocenters. The maximum absolute atomic E-state index is 12.6. The third kappa shape index (κ3) is 5.65. The van der Waals surface area contributed by atoms with E-state index in [-0.39, 0.29) is 11.8 Å². The number of carbonyl (C=O) groups is 2. The molecule has 2 aromatic carbocycles. The molecule has 1 fully saturated rings.